The molecule has 1 saturated carbocycles. The molecule has 0 radical (unpaired) electrons. The van der Waals surface area contributed by atoms with E-state index in [4.69, 9.17) is 9.47 Å². The Bertz CT molecular complexity index is 371. The molecule has 2 atom stereocenters. The van der Waals surface area contributed by atoms with Gasteiger partial charge in [0.25, 0.3) is 0 Å². The van der Waals surface area contributed by atoms with Crippen LogP contribution in [0.3, 0.4) is 0 Å². The van der Waals surface area contributed by atoms with E-state index in [1.165, 1.54) is 19.3 Å². The number of esters is 1. The summed E-state index contributed by atoms with van der Waals surface area (Å²) < 4.78 is 18.6. The number of halogens is 2. The summed E-state index contributed by atoms with van der Waals surface area (Å²) in [6, 6.07) is 0. The number of rotatable bonds is 7. The number of hydrogen-bond donors (Lipinski definition) is 2. The Labute approximate surface area is 138 Å². The zero-order valence-electron chi connectivity index (χ0n) is 12.0. The first kappa shape index (κ1) is 15.7. The van der Waals surface area contributed by atoms with Crippen molar-refractivity contribution in [3.63, 3.8) is 0 Å². The average Bonchev–Trinajstić information content (AvgIpc) is 3.30. The molecule has 0 aromatic rings. The molecule has 0 spiro atoms. The summed E-state index contributed by atoms with van der Waals surface area (Å²) >= 11 is -1.22. The van der Waals surface area contributed by atoms with Gasteiger partial charge in [-0.2, -0.15) is 0 Å². The maximum atomic E-state index is 12.5. The summed E-state index contributed by atoms with van der Waals surface area (Å²) in [6.45, 7) is 2.59. The second kappa shape index (κ2) is 6.51. The van der Waals surface area contributed by atoms with E-state index in [1.807, 2.05) is 6.92 Å². The van der Waals surface area contributed by atoms with E-state index >= 15 is 0 Å². The Morgan fingerprint density at radius 3 is 2.55 bits per heavy atom. The van der Waals surface area contributed by atoms with Gasteiger partial charge in [0, 0.05) is 0 Å². The van der Waals surface area contributed by atoms with E-state index in [0.717, 1.165) is 12.8 Å². The van der Waals surface area contributed by atoms with Crippen molar-refractivity contribution in [1.29, 1.82) is 0 Å². The molecule has 0 aromatic carbocycles. The summed E-state index contributed by atoms with van der Waals surface area (Å²) in [7, 11) is 0. The van der Waals surface area contributed by atoms with Crippen molar-refractivity contribution in [3.05, 3.63) is 0 Å². The molecule has 118 valence electrons. The minimum atomic E-state index is -1.06. The van der Waals surface area contributed by atoms with Crippen LogP contribution >= 0.6 is 20.4 Å². The van der Waals surface area contributed by atoms with Crippen molar-refractivity contribution in [1.82, 2.24) is 7.06 Å². The van der Waals surface area contributed by atoms with Crippen molar-refractivity contribution in [2.75, 3.05) is 11.5 Å². The number of ether oxygens (including phenoxy) is 2. The molecule has 5 nitrogen and oxygen atoms in total. The second-order valence-electron chi connectivity index (χ2n) is 5.42. The minimum absolute atomic E-state index is 0.0263. The maximum absolute atomic E-state index is 12.5. The Hall–Kier alpha value is 0.810. The number of alkyl halides is 3. The van der Waals surface area contributed by atoms with Crippen molar-refractivity contribution in [2.24, 2.45) is 5.92 Å². The zero-order chi connectivity index (χ0) is 14.2. The van der Waals surface area contributed by atoms with Crippen molar-refractivity contribution < 1.29 is 35.5 Å². The number of carbonyl (C=O) groups is 1. The molecule has 2 saturated heterocycles. The fraction of sp³-hybridized carbons (Fsp3) is 0.923. The predicted octanol–water partition coefficient (Wildman–Crippen LogP) is -1.24. The SMILES string of the molecule is CCOC(OC(=O)C([I-]C)C12NI1N2)C1CCCCC1. The molecule has 1 aliphatic carbocycles. The Kier molecular flexibility index (Phi) is 5.11. The van der Waals surface area contributed by atoms with E-state index in [9.17, 15) is 4.79 Å². The van der Waals surface area contributed by atoms with Gasteiger partial charge >= 0.3 is 139 Å². The van der Waals surface area contributed by atoms with Crippen LogP contribution in [0.5, 0.6) is 0 Å². The zero-order valence-corrected chi connectivity index (χ0v) is 16.3. The van der Waals surface area contributed by atoms with Gasteiger partial charge in [0.1, 0.15) is 0 Å². The van der Waals surface area contributed by atoms with E-state index in [2.05, 4.69) is 12.0 Å². The Balaban J connectivity index is 1.58. The quantitative estimate of drug-likeness (QED) is 0.0855. The third kappa shape index (κ3) is 3.11. The van der Waals surface area contributed by atoms with Crippen LogP contribution in [0, 0.1) is 5.92 Å². The molecule has 2 unspecified atom stereocenters. The monoisotopic (exact) mass is 509 g/mol. The second-order valence-corrected chi connectivity index (χ2v) is 12.3. The first-order chi connectivity index (χ1) is 9.71. The van der Waals surface area contributed by atoms with Gasteiger partial charge in [-0.15, -0.1) is 0 Å². The van der Waals surface area contributed by atoms with E-state index in [0.29, 0.717) is 12.5 Å². The number of carbonyl (C=O) groups excluding carboxylic acids is 1. The van der Waals surface area contributed by atoms with Crippen LogP contribution in [-0.4, -0.2) is 31.4 Å². The van der Waals surface area contributed by atoms with Gasteiger partial charge in [0.2, 0.25) is 0 Å². The summed E-state index contributed by atoms with van der Waals surface area (Å²) in [6.07, 6.45) is 5.71. The van der Waals surface area contributed by atoms with Crippen molar-refractivity contribution in [2.45, 2.75) is 52.9 Å². The number of hydrogen-bond acceptors (Lipinski definition) is 5. The average molecular weight is 509 g/mol. The molecular weight excluding hydrogens is 486 g/mol. The van der Waals surface area contributed by atoms with Gasteiger partial charge < -0.3 is 0 Å². The molecule has 20 heavy (non-hydrogen) atoms. The van der Waals surface area contributed by atoms with Crippen LogP contribution in [0.25, 0.3) is 0 Å². The number of fused-ring (bicyclic) bond motifs is 1. The molecule has 2 N–H and O–H groups in total. The van der Waals surface area contributed by atoms with Crippen LogP contribution in [0.15, 0.2) is 0 Å². The Morgan fingerprint density at radius 2 is 2.05 bits per heavy atom. The van der Waals surface area contributed by atoms with Gasteiger partial charge in [-0.1, -0.05) is 0 Å². The van der Waals surface area contributed by atoms with Crippen molar-refractivity contribution in [3.8, 4) is 0 Å². The topological polar surface area (TPSA) is 79.4 Å². The summed E-state index contributed by atoms with van der Waals surface area (Å²) in [4.78, 5) is 14.7. The normalized spacial score (nSPS) is 28.6. The summed E-state index contributed by atoms with van der Waals surface area (Å²) in [5, 5.41) is 0. The third-order valence-corrected chi connectivity index (χ3v) is 12.5. The predicted molar refractivity (Wildman–Crippen MR) is 80.8 cm³/mol. The summed E-state index contributed by atoms with van der Waals surface area (Å²) in [5.74, 6) is 0.372. The number of nitrogens with one attached hydrogen (secondary N) is 2. The molecule has 2 aliphatic heterocycles. The van der Waals surface area contributed by atoms with E-state index in [-0.39, 0.29) is 41.1 Å². The van der Waals surface area contributed by atoms with Crippen LogP contribution in [0.2, 0.25) is 0 Å². The van der Waals surface area contributed by atoms with Crippen LogP contribution in [-0.2, 0) is 14.3 Å². The summed E-state index contributed by atoms with van der Waals surface area (Å²) in [5.41, 5.74) is 0. The molecule has 0 amide bonds. The first-order valence-electron chi connectivity index (χ1n) is 7.27. The third-order valence-electron chi connectivity index (χ3n) is 4.06. The van der Waals surface area contributed by atoms with Gasteiger partial charge in [0.05, 0.1) is 0 Å². The van der Waals surface area contributed by atoms with E-state index in [1.54, 1.807) is 0 Å². The molecule has 7 heteroatoms. The van der Waals surface area contributed by atoms with Gasteiger partial charge in [0.15, 0.2) is 0 Å². The van der Waals surface area contributed by atoms with Gasteiger partial charge in [-0.05, 0) is 0 Å². The molecule has 0 bridgehead atoms. The van der Waals surface area contributed by atoms with Gasteiger partial charge in [-0.25, -0.2) is 0 Å². The molecule has 0 aromatic heterocycles. The molecule has 3 rings (SSSR count). The Morgan fingerprint density at radius 1 is 1.40 bits per heavy atom. The van der Waals surface area contributed by atoms with Crippen molar-refractivity contribution >= 4 is 26.3 Å². The molecular formula is C13H23I2N2O3-. The van der Waals surface area contributed by atoms with Gasteiger partial charge in [-0.3, -0.25) is 0 Å². The fourth-order valence-electron chi connectivity index (χ4n) is 2.84. The molecule has 3 aliphatic rings. The van der Waals surface area contributed by atoms with Crippen LogP contribution in [0.1, 0.15) is 39.0 Å². The van der Waals surface area contributed by atoms with Crippen LogP contribution in [0.4, 0.5) is 0 Å². The first-order valence-corrected chi connectivity index (χ1v) is 13.9. The molecule has 3 fully saturated rings. The van der Waals surface area contributed by atoms with Crippen LogP contribution < -0.4 is 28.3 Å². The molecule has 2 heterocycles. The standard InChI is InChI=1S/C13H23I2N2O3/c1-3-19-12(9-7-5-4-6-8-9)20-11(18)10(14-2)13-15(16-13)17-13/h9-10,12,16-17H,3-8H2,1-2H3/q-1. The van der Waals surface area contributed by atoms with E-state index < -0.39 is 20.4 Å². The fourth-order valence-corrected chi connectivity index (χ4v) is 13.2.